The van der Waals surface area contributed by atoms with Crippen molar-refractivity contribution in [3.05, 3.63) is 65.9 Å². The van der Waals surface area contributed by atoms with Crippen LogP contribution >= 0.6 is 0 Å². The van der Waals surface area contributed by atoms with Gasteiger partial charge in [0.2, 0.25) is 5.88 Å². The normalized spacial score (nSPS) is 10.5. The fourth-order valence-electron chi connectivity index (χ4n) is 2.21. The van der Waals surface area contributed by atoms with E-state index in [9.17, 15) is 9.90 Å². The molecule has 1 heterocycles. The summed E-state index contributed by atoms with van der Waals surface area (Å²) in [7, 11) is 0. The van der Waals surface area contributed by atoms with Crippen LogP contribution < -0.4 is 4.74 Å². The molecule has 0 aliphatic heterocycles. The molecule has 0 amide bonds. The molecule has 0 fully saturated rings. The van der Waals surface area contributed by atoms with Crippen molar-refractivity contribution in [1.82, 2.24) is 4.98 Å². The lowest BCUT2D eigenvalue weighted by Gasteiger charge is -2.10. The highest BCUT2D eigenvalue weighted by molar-refractivity contribution is 5.92. The Bertz CT molecular complexity index is 827. The molecule has 4 heteroatoms. The van der Waals surface area contributed by atoms with Crippen molar-refractivity contribution in [1.29, 1.82) is 0 Å². The summed E-state index contributed by atoms with van der Waals surface area (Å²) in [6.45, 7) is 1.72. The molecule has 0 atom stereocenters. The highest BCUT2D eigenvalue weighted by Crippen LogP contribution is 2.27. The van der Waals surface area contributed by atoms with Crippen molar-refractivity contribution in [3.8, 4) is 11.6 Å². The molecule has 0 bridgehead atoms. The first-order valence-corrected chi connectivity index (χ1v) is 6.51. The fourth-order valence-corrected chi connectivity index (χ4v) is 2.21. The minimum atomic E-state index is -1.05. The second-order valence-electron chi connectivity index (χ2n) is 4.72. The van der Waals surface area contributed by atoms with Crippen LogP contribution in [-0.2, 0) is 0 Å². The lowest BCUT2D eigenvalue weighted by molar-refractivity contribution is 0.0692. The van der Waals surface area contributed by atoms with Gasteiger partial charge in [0.15, 0.2) is 0 Å². The maximum absolute atomic E-state index is 11.3. The van der Waals surface area contributed by atoms with Gasteiger partial charge in [0, 0.05) is 6.20 Å². The van der Waals surface area contributed by atoms with Crippen molar-refractivity contribution in [2.75, 3.05) is 0 Å². The number of ether oxygens (including phenoxy) is 1. The lowest BCUT2D eigenvalue weighted by atomic mass is 10.1. The quantitative estimate of drug-likeness (QED) is 0.786. The van der Waals surface area contributed by atoms with E-state index in [1.807, 2.05) is 36.4 Å². The van der Waals surface area contributed by atoms with Crippen LogP contribution in [0, 0.1) is 6.92 Å². The molecule has 3 aromatic rings. The predicted molar refractivity (Wildman–Crippen MR) is 80.0 cm³/mol. The summed E-state index contributed by atoms with van der Waals surface area (Å²) < 4.78 is 5.67. The van der Waals surface area contributed by atoms with E-state index in [1.54, 1.807) is 19.1 Å². The van der Waals surface area contributed by atoms with Crippen molar-refractivity contribution < 1.29 is 14.6 Å². The van der Waals surface area contributed by atoms with Crippen LogP contribution in [0.2, 0.25) is 0 Å². The molecule has 0 aliphatic rings. The summed E-state index contributed by atoms with van der Waals surface area (Å²) in [5.41, 5.74) is 0.707. The van der Waals surface area contributed by atoms with Crippen LogP contribution in [0.5, 0.6) is 11.6 Å². The summed E-state index contributed by atoms with van der Waals surface area (Å²) in [5.74, 6) is -0.372. The Labute approximate surface area is 121 Å². The van der Waals surface area contributed by atoms with Crippen molar-refractivity contribution in [2.45, 2.75) is 6.92 Å². The minimum absolute atomic E-state index is 0.0886. The van der Waals surface area contributed by atoms with Gasteiger partial charge in [0.05, 0.1) is 0 Å². The summed E-state index contributed by atoms with van der Waals surface area (Å²) >= 11 is 0. The summed E-state index contributed by atoms with van der Waals surface area (Å²) in [4.78, 5) is 15.4. The summed E-state index contributed by atoms with van der Waals surface area (Å²) in [5, 5.41) is 11.4. The predicted octanol–water partition coefficient (Wildman–Crippen LogP) is 4.03. The van der Waals surface area contributed by atoms with Gasteiger partial charge < -0.3 is 9.84 Å². The third kappa shape index (κ3) is 2.56. The zero-order valence-electron chi connectivity index (χ0n) is 11.4. The Hall–Kier alpha value is -2.88. The molecule has 0 saturated carbocycles. The lowest BCUT2D eigenvalue weighted by Crippen LogP contribution is -2.04. The van der Waals surface area contributed by atoms with Gasteiger partial charge in [-0.05, 0) is 41.5 Å². The minimum Gasteiger partial charge on any atom is -0.477 e. The first kappa shape index (κ1) is 13.1. The Morgan fingerprint density at radius 2 is 1.86 bits per heavy atom. The molecule has 2 aromatic carbocycles. The number of carbonyl (C=O) groups is 1. The maximum Gasteiger partial charge on any atom is 0.341 e. The van der Waals surface area contributed by atoms with Gasteiger partial charge in [-0.3, -0.25) is 0 Å². The van der Waals surface area contributed by atoms with Gasteiger partial charge in [0.1, 0.15) is 11.3 Å². The van der Waals surface area contributed by atoms with E-state index in [4.69, 9.17) is 4.74 Å². The van der Waals surface area contributed by atoms with Gasteiger partial charge in [-0.25, -0.2) is 9.78 Å². The number of carboxylic acid groups (broad SMARTS) is 1. The number of nitrogens with zero attached hydrogens (tertiary/aromatic N) is 1. The Kier molecular flexibility index (Phi) is 3.28. The number of carboxylic acids is 1. The SMILES string of the molecule is Cc1ccnc(Oc2ccc3ccccc3c2)c1C(=O)O. The van der Waals surface area contributed by atoms with Crippen LogP contribution in [0.4, 0.5) is 0 Å². The number of fused-ring (bicyclic) bond motifs is 1. The Morgan fingerprint density at radius 3 is 2.62 bits per heavy atom. The number of benzene rings is 2. The molecule has 0 saturated heterocycles. The number of aromatic nitrogens is 1. The largest absolute Gasteiger partial charge is 0.477 e. The van der Waals surface area contributed by atoms with Crippen molar-refractivity contribution in [2.24, 2.45) is 0 Å². The molecule has 1 aromatic heterocycles. The molecule has 4 nitrogen and oxygen atoms in total. The molecular weight excluding hydrogens is 266 g/mol. The van der Waals surface area contributed by atoms with Crippen molar-refractivity contribution in [3.63, 3.8) is 0 Å². The van der Waals surface area contributed by atoms with Gasteiger partial charge in [-0.2, -0.15) is 0 Å². The molecule has 0 radical (unpaired) electrons. The van der Waals surface area contributed by atoms with Crippen LogP contribution in [-0.4, -0.2) is 16.1 Å². The summed E-state index contributed by atoms with van der Waals surface area (Å²) in [6, 6.07) is 15.1. The van der Waals surface area contributed by atoms with E-state index in [2.05, 4.69) is 4.98 Å². The fraction of sp³-hybridized carbons (Fsp3) is 0.0588. The molecule has 3 rings (SSSR count). The average molecular weight is 279 g/mol. The summed E-state index contributed by atoms with van der Waals surface area (Å²) in [6.07, 6.45) is 1.54. The monoisotopic (exact) mass is 279 g/mol. The number of aryl methyl sites for hydroxylation is 1. The van der Waals surface area contributed by atoms with Crippen LogP contribution in [0.15, 0.2) is 54.7 Å². The topological polar surface area (TPSA) is 59.4 Å². The van der Waals surface area contributed by atoms with E-state index in [0.717, 1.165) is 10.8 Å². The Balaban J connectivity index is 2.02. The smallest absolute Gasteiger partial charge is 0.341 e. The van der Waals surface area contributed by atoms with E-state index in [1.165, 1.54) is 6.20 Å². The Morgan fingerprint density at radius 1 is 1.10 bits per heavy atom. The number of hydrogen-bond acceptors (Lipinski definition) is 3. The van der Waals surface area contributed by atoms with Gasteiger partial charge in [0.25, 0.3) is 0 Å². The number of rotatable bonds is 3. The molecule has 21 heavy (non-hydrogen) atoms. The van der Waals surface area contributed by atoms with E-state index < -0.39 is 5.97 Å². The van der Waals surface area contributed by atoms with Crippen LogP contribution in [0.3, 0.4) is 0 Å². The molecule has 1 N–H and O–H groups in total. The highest BCUT2D eigenvalue weighted by Gasteiger charge is 2.16. The van der Waals surface area contributed by atoms with E-state index in [-0.39, 0.29) is 11.4 Å². The molecule has 0 unspecified atom stereocenters. The zero-order chi connectivity index (χ0) is 14.8. The van der Waals surface area contributed by atoms with Gasteiger partial charge in [-0.1, -0.05) is 30.3 Å². The third-order valence-electron chi connectivity index (χ3n) is 3.27. The third-order valence-corrected chi connectivity index (χ3v) is 3.27. The number of pyridine rings is 1. The molecule has 104 valence electrons. The second-order valence-corrected chi connectivity index (χ2v) is 4.72. The van der Waals surface area contributed by atoms with E-state index in [0.29, 0.717) is 11.3 Å². The average Bonchev–Trinajstić information content (AvgIpc) is 2.47. The molecular formula is C17H13NO3. The standard InChI is InChI=1S/C17H13NO3/c1-11-8-9-18-16(15(11)17(19)20)21-14-7-6-12-4-2-3-5-13(12)10-14/h2-10H,1H3,(H,19,20). The van der Waals surface area contributed by atoms with Gasteiger partial charge >= 0.3 is 5.97 Å². The first-order valence-electron chi connectivity index (χ1n) is 6.51. The van der Waals surface area contributed by atoms with Gasteiger partial charge in [-0.15, -0.1) is 0 Å². The number of hydrogen-bond donors (Lipinski definition) is 1. The van der Waals surface area contributed by atoms with E-state index >= 15 is 0 Å². The van der Waals surface area contributed by atoms with Crippen LogP contribution in [0.25, 0.3) is 10.8 Å². The molecule has 0 spiro atoms. The first-order chi connectivity index (χ1) is 10.1. The maximum atomic E-state index is 11.3. The zero-order valence-corrected chi connectivity index (χ0v) is 11.4. The van der Waals surface area contributed by atoms with Crippen molar-refractivity contribution >= 4 is 16.7 Å². The molecule has 0 aliphatic carbocycles. The highest BCUT2D eigenvalue weighted by atomic mass is 16.5. The second kappa shape index (κ2) is 5.25. The number of aromatic carboxylic acids is 1. The van der Waals surface area contributed by atoms with Crippen LogP contribution in [0.1, 0.15) is 15.9 Å².